The summed E-state index contributed by atoms with van der Waals surface area (Å²) in [7, 11) is 0. The summed E-state index contributed by atoms with van der Waals surface area (Å²) >= 11 is 0. The average molecular weight is 148 g/mol. The Labute approximate surface area is 66.7 Å². The molecule has 58 valence electrons. The maximum atomic E-state index is 4.44. The molecule has 0 fully saturated rings. The third-order valence-electron chi connectivity index (χ3n) is 2.28. The van der Waals surface area contributed by atoms with Gasteiger partial charge in [0.1, 0.15) is 0 Å². The summed E-state index contributed by atoms with van der Waals surface area (Å²) in [6.45, 7) is 4.21. The molecule has 2 rings (SSSR count). The van der Waals surface area contributed by atoms with E-state index in [-0.39, 0.29) is 0 Å². The number of nitrogens with zero attached hydrogens (tertiary/aromatic N) is 2. The molecule has 1 aromatic heterocycles. The highest BCUT2D eigenvalue weighted by Crippen LogP contribution is 2.28. The van der Waals surface area contributed by atoms with E-state index in [9.17, 15) is 0 Å². The second-order valence-electron chi connectivity index (χ2n) is 3.28. The highest BCUT2D eigenvalue weighted by atomic mass is 14.8. The SMILES string of the molecule is Cc1cnc2c(n1)CC[C@@H]2C. The van der Waals surface area contributed by atoms with E-state index in [0.717, 1.165) is 12.1 Å². The van der Waals surface area contributed by atoms with Crippen LogP contribution in [0.2, 0.25) is 0 Å². The first-order valence-corrected chi connectivity index (χ1v) is 4.10. The van der Waals surface area contributed by atoms with Gasteiger partial charge < -0.3 is 0 Å². The van der Waals surface area contributed by atoms with Gasteiger partial charge in [-0.3, -0.25) is 9.97 Å². The van der Waals surface area contributed by atoms with Crippen molar-refractivity contribution in [1.82, 2.24) is 9.97 Å². The summed E-state index contributed by atoms with van der Waals surface area (Å²) in [6.07, 6.45) is 4.20. The van der Waals surface area contributed by atoms with Crippen LogP contribution in [0.1, 0.15) is 36.3 Å². The Balaban J connectivity index is 2.50. The Morgan fingerprint density at radius 1 is 1.55 bits per heavy atom. The molecule has 1 heterocycles. The molecule has 0 amide bonds. The first-order chi connectivity index (χ1) is 5.27. The van der Waals surface area contributed by atoms with Gasteiger partial charge in [-0.2, -0.15) is 0 Å². The van der Waals surface area contributed by atoms with E-state index >= 15 is 0 Å². The van der Waals surface area contributed by atoms with E-state index in [0.29, 0.717) is 5.92 Å². The molecule has 1 aliphatic carbocycles. The molecule has 1 atom stereocenters. The van der Waals surface area contributed by atoms with Crippen LogP contribution in [0.4, 0.5) is 0 Å². The quantitative estimate of drug-likeness (QED) is 0.561. The van der Waals surface area contributed by atoms with Crippen LogP contribution in [0.25, 0.3) is 0 Å². The molecule has 0 saturated carbocycles. The maximum absolute atomic E-state index is 4.44. The Morgan fingerprint density at radius 3 is 3.18 bits per heavy atom. The lowest BCUT2D eigenvalue weighted by Gasteiger charge is -2.01. The zero-order valence-electron chi connectivity index (χ0n) is 6.96. The van der Waals surface area contributed by atoms with Gasteiger partial charge in [0.15, 0.2) is 0 Å². The minimum atomic E-state index is 0.623. The van der Waals surface area contributed by atoms with Gasteiger partial charge in [-0.15, -0.1) is 0 Å². The standard InChI is InChI=1S/C9H12N2/c1-6-3-4-8-9(6)10-5-7(2)11-8/h5-6H,3-4H2,1-2H3/t6-/m0/s1. The Hall–Kier alpha value is -0.920. The molecule has 0 spiro atoms. The molecule has 2 heteroatoms. The molecule has 1 aliphatic rings. The largest absolute Gasteiger partial charge is 0.257 e. The van der Waals surface area contributed by atoms with Crippen LogP contribution in [0.15, 0.2) is 6.20 Å². The third-order valence-corrected chi connectivity index (χ3v) is 2.28. The fourth-order valence-electron chi connectivity index (χ4n) is 1.62. The minimum absolute atomic E-state index is 0.623. The summed E-state index contributed by atoms with van der Waals surface area (Å²) in [5, 5.41) is 0. The van der Waals surface area contributed by atoms with Crippen molar-refractivity contribution in [3.63, 3.8) is 0 Å². The number of aryl methyl sites for hydroxylation is 2. The molecule has 0 aliphatic heterocycles. The summed E-state index contributed by atoms with van der Waals surface area (Å²) in [6, 6.07) is 0. The second kappa shape index (κ2) is 2.29. The van der Waals surface area contributed by atoms with Crippen molar-refractivity contribution in [3.05, 3.63) is 23.3 Å². The van der Waals surface area contributed by atoms with Gasteiger partial charge in [-0.25, -0.2) is 0 Å². The fourth-order valence-corrected chi connectivity index (χ4v) is 1.62. The van der Waals surface area contributed by atoms with Gasteiger partial charge in [-0.05, 0) is 19.8 Å². The van der Waals surface area contributed by atoms with Crippen molar-refractivity contribution in [1.29, 1.82) is 0 Å². The van der Waals surface area contributed by atoms with Crippen molar-refractivity contribution in [2.45, 2.75) is 32.6 Å². The summed E-state index contributed by atoms with van der Waals surface area (Å²) < 4.78 is 0. The predicted molar refractivity (Wildman–Crippen MR) is 43.5 cm³/mol. The van der Waals surface area contributed by atoms with Gasteiger partial charge in [0.25, 0.3) is 0 Å². The normalized spacial score (nSPS) is 21.8. The van der Waals surface area contributed by atoms with Crippen molar-refractivity contribution >= 4 is 0 Å². The van der Waals surface area contributed by atoms with Crippen LogP contribution < -0.4 is 0 Å². The van der Waals surface area contributed by atoms with Gasteiger partial charge in [-0.1, -0.05) is 6.92 Å². The Morgan fingerprint density at radius 2 is 2.36 bits per heavy atom. The smallest absolute Gasteiger partial charge is 0.0647 e. The van der Waals surface area contributed by atoms with Crippen LogP contribution in [-0.2, 0) is 6.42 Å². The predicted octanol–water partition coefficient (Wildman–Crippen LogP) is 1.83. The van der Waals surface area contributed by atoms with Crippen LogP contribution in [0, 0.1) is 6.92 Å². The van der Waals surface area contributed by atoms with Gasteiger partial charge >= 0.3 is 0 Å². The summed E-state index contributed by atoms with van der Waals surface area (Å²) in [4.78, 5) is 8.82. The zero-order chi connectivity index (χ0) is 7.84. The van der Waals surface area contributed by atoms with Crippen LogP contribution in [0.3, 0.4) is 0 Å². The van der Waals surface area contributed by atoms with E-state index in [1.165, 1.54) is 17.8 Å². The zero-order valence-corrected chi connectivity index (χ0v) is 6.96. The molecule has 1 aromatic rings. The lowest BCUT2D eigenvalue weighted by Crippen LogP contribution is -1.95. The molecule has 0 unspecified atom stereocenters. The molecular weight excluding hydrogens is 136 g/mol. The number of hydrogen-bond donors (Lipinski definition) is 0. The van der Waals surface area contributed by atoms with Crippen molar-refractivity contribution < 1.29 is 0 Å². The number of aromatic nitrogens is 2. The maximum Gasteiger partial charge on any atom is 0.0647 e. The molecule has 0 bridgehead atoms. The van der Waals surface area contributed by atoms with Crippen LogP contribution in [0.5, 0.6) is 0 Å². The Bertz CT molecular complexity index is 281. The monoisotopic (exact) mass is 148 g/mol. The lowest BCUT2D eigenvalue weighted by molar-refractivity contribution is 0.731. The molecule has 0 radical (unpaired) electrons. The molecular formula is C9H12N2. The average Bonchev–Trinajstić information content (AvgIpc) is 2.32. The van der Waals surface area contributed by atoms with E-state index < -0.39 is 0 Å². The summed E-state index contributed by atoms with van der Waals surface area (Å²) in [5.41, 5.74) is 3.48. The molecule has 0 saturated heterocycles. The highest BCUT2D eigenvalue weighted by Gasteiger charge is 2.20. The third kappa shape index (κ3) is 1.02. The van der Waals surface area contributed by atoms with Crippen LogP contribution >= 0.6 is 0 Å². The number of rotatable bonds is 0. The molecule has 11 heavy (non-hydrogen) atoms. The first kappa shape index (κ1) is 6.77. The highest BCUT2D eigenvalue weighted by molar-refractivity contribution is 5.22. The fraction of sp³-hybridized carbons (Fsp3) is 0.556. The first-order valence-electron chi connectivity index (χ1n) is 4.10. The van der Waals surface area contributed by atoms with E-state index in [1.54, 1.807) is 0 Å². The Kier molecular flexibility index (Phi) is 1.41. The summed E-state index contributed by atoms with van der Waals surface area (Å²) in [5.74, 6) is 0.623. The molecule has 0 N–H and O–H groups in total. The lowest BCUT2D eigenvalue weighted by atomic mass is 10.1. The number of hydrogen-bond acceptors (Lipinski definition) is 2. The van der Waals surface area contributed by atoms with E-state index in [4.69, 9.17) is 0 Å². The van der Waals surface area contributed by atoms with Crippen molar-refractivity contribution in [2.75, 3.05) is 0 Å². The number of fused-ring (bicyclic) bond motifs is 1. The topological polar surface area (TPSA) is 25.8 Å². The van der Waals surface area contributed by atoms with E-state index in [2.05, 4.69) is 16.9 Å². The molecule has 0 aromatic carbocycles. The van der Waals surface area contributed by atoms with Crippen LogP contribution in [-0.4, -0.2) is 9.97 Å². The van der Waals surface area contributed by atoms with Crippen molar-refractivity contribution in [3.8, 4) is 0 Å². The van der Waals surface area contributed by atoms with Gasteiger partial charge in [0.05, 0.1) is 17.1 Å². The molecule has 2 nitrogen and oxygen atoms in total. The van der Waals surface area contributed by atoms with Gasteiger partial charge in [0.2, 0.25) is 0 Å². The van der Waals surface area contributed by atoms with Gasteiger partial charge in [0, 0.05) is 12.1 Å². The van der Waals surface area contributed by atoms with E-state index in [1.807, 2.05) is 13.1 Å². The van der Waals surface area contributed by atoms with Crippen molar-refractivity contribution in [2.24, 2.45) is 0 Å². The second-order valence-corrected chi connectivity index (χ2v) is 3.28. The minimum Gasteiger partial charge on any atom is -0.257 e.